The molecule has 7 rings (SSSR count). The van der Waals surface area contributed by atoms with Crippen LogP contribution >= 0.6 is 0 Å². The topological polar surface area (TPSA) is 88.7 Å². The van der Waals surface area contributed by atoms with Crippen molar-refractivity contribution >= 4 is 28.2 Å². The first-order chi connectivity index (χ1) is 22.4. The Kier molecular flexibility index (Phi) is 8.05. The molecule has 0 bridgehead atoms. The normalized spacial score (nSPS) is 22.5. The molecule has 2 aromatic carbocycles. The molecular formula is C36H42FN7O2. The highest BCUT2D eigenvalue weighted by molar-refractivity contribution is 5.97. The molecule has 2 saturated heterocycles. The number of aryl methyl sites for hydroxylation is 1. The van der Waals surface area contributed by atoms with Crippen LogP contribution in [-0.4, -0.2) is 83.8 Å². The number of fused-ring (bicyclic) bond motifs is 3. The Morgan fingerprint density at radius 1 is 1.13 bits per heavy atom. The zero-order valence-corrected chi connectivity index (χ0v) is 26.8. The molecule has 3 fully saturated rings. The fraction of sp³-hybridized carbons (Fsp3) is 0.500. The number of amides is 1. The number of anilines is 2. The van der Waals surface area contributed by atoms with E-state index >= 15 is 0 Å². The number of benzene rings is 2. The SMILES string of the molecule is Cc1cccc2cccc(N3CCc4c(N5CCN(C(=O)/C=C/CF)[C@@H](CC#N)C5)nc(=O)n(C[C@@H]5CCCN5C)c4C34CC4)c12. The minimum Gasteiger partial charge on any atom is -0.359 e. The number of carbonyl (C=O) groups is 1. The Labute approximate surface area is 269 Å². The first-order valence-corrected chi connectivity index (χ1v) is 16.6. The second kappa shape index (κ2) is 12.2. The molecule has 4 heterocycles. The molecule has 4 aliphatic rings. The van der Waals surface area contributed by atoms with E-state index in [1.165, 1.54) is 34.2 Å². The number of alkyl halides is 1. The third-order valence-corrected chi connectivity index (χ3v) is 10.7. The van der Waals surface area contributed by atoms with Crippen LogP contribution in [0.4, 0.5) is 15.9 Å². The quantitative estimate of drug-likeness (QED) is 0.363. The number of hydrogen-bond acceptors (Lipinski definition) is 7. The average Bonchev–Trinajstić information content (AvgIpc) is 3.73. The molecule has 1 aromatic heterocycles. The number of aromatic nitrogens is 2. The van der Waals surface area contributed by atoms with Crippen LogP contribution in [0.3, 0.4) is 0 Å². The first-order valence-electron chi connectivity index (χ1n) is 16.6. The molecule has 0 N–H and O–H groups in total. The number of nitriles is 1. The van der Waals surface area contributed by atoms with Crippen molar-refractivity contribution < 1.29 is 9.18 Å². The van der Waals surface area contributed by atoms with E-state index in [1.807, 2.05) is 4.57 Å². The molecule has 3 aromatic rings. The van der Waals surface area contributed by atoms with E-state index in [0.717, 1.165) is 56.5 Å². The molecule has 1 spiro atoms. The smallest absolute Gasteiger partial charge is 0.349 e. The van der Waals surface area contributed by atoms with Gasteiger partial charge in [0.25, 0.3) is 0 Å². The average molecular weight is 624 g/mol. The summed E-state index contributed by atoms with van der Waals surface area (Å²) in [5, 5.41) is 12.1. The summed E-state index contributed by atoms with van der Waals surface area (Å²) in [5.74, 6) is 0.409. The summed E-state index contributed by atoms with van der Waals surface area (Å²) < 4.78 is 14.8. The lowest BCUT2D eigenvalue weighted by Crippen LogP contribution is -2.56. The lowest BCUT2D eigenvalue weighted by atomic mass is 9.92. The van der Waals surface area contributed by atoms with E-state index in [0.29, 0.717) is 32.0 Å². The van der Waals surface area contributed by atoms with Gasteiger partial charge >= 0.3 is 5.69 Å². The molecule has 240 valence electrons. The molecule has 1 aliphatic carbocycles. The van der Waals surface area contributed by atoms with E-state index in [2.05, 4.69) is 71.1 Å². The number of halogens is 1. The standard InChI is InChI=1S/C36H42FN7O2/c1-25-7-3-8-26-9-4-11-30(32(25)26)44-20-14-29-33(36(44)15-16-36)43(24-27-10-6-19-40(27)2)35(46)39-34(29)41-21-22-42(28(23-41)13-18-38)31(45)12-5-17-37/h3-5,7-9,11-12,27-28H,6,10,13-17,19-24H2,1-2H3/b12-5+/t27-,28-/m0/s1. The Hall–Kier alpha value is -4.23. The van der Waals surface area contributed by atoms with Gasteiger partial charge in [0.15, 0.2) is 0 Å². The van der Waals surface area contributed by atoms with Crippen molar-refractivity contribution in [1.82, 2.24) is 19.4 Å². The maximum Gasteiger partial charge on any atom is 0.349 e. The van der Waals surface area contributed by atoms with E-state index in [4.69, 9.17) is 4.98 Å². The number of piperazine rings is 1. The minimum absolute atomic E-state index is 0.150. The van der Waals surface area contributed by atoms with Crippen molar-refractivity contribution in [3.8, 4) is 6.07 Å². The number of allylic oxidation sites excluding steroid dienone is 1. The van der Waals surface area contributed by atoms with Crippen LogP contribution in [-0.2, 0) is 23.3 Å². The summed E-state index contributed by atoms with van der Waals surface area (Å²) in [7, 11) is 2.15. The van der Waals surface area contributed by atoms with Crippen LogP contribution in [0.2, 0.25) is 0 Å². The summed E-state index contributed by atoms with van der Waals surface area (Å²) in [6.07, 6.45) is 7.46. The van der Waals surface area contributed by atoms with Gasteiger partial charge in [0.2, 0.25) is 5.91 Å². The van der Waals surface area contributed by atoms with Crippen LogP contribution in [0, 0.1) is 18.3 Å². The molecule has 3 aliphatic heterocycles. The molecule has 0 unspecified atom stereocenters. The van der Waals surface area contributed by atoms with Gasteiger partial charge in [-0.15, -0.1) is 0 Å². The largest absolute Gasteiger partial charge is 0.359 e. The summed E-state index contributed by atoms with van der Waals surface area (Å²) in [6.45, 7) is 5.19. The number of hydrogen-bond donors (Lipinski definition) is 0. The van der Waals surface area contributed by atoms with Gasteiger partial charge in [0.05, 0.1) is 29.8 Å². The summed E-state index contributed by atoms with van der Waals surface area (Å²) in [5.41, 5.74) is 4.17. The fourth-order valence-corrected chi connectivity index (χ4v) is 8.33. The molecule has 10 heteroatoms. The van der Waals surface area contributed by atoms with Gasteiger partial charge in [-0.3, -0.25) is 9.36 Å². The van der Waals surface area contributed by atoms with Crippen LogP contribution in [0.25, 0.3) is 10.8 Å². The van der Waals surface area contributed by atoms with Crippen molar-refractivity contribution in [2.45, 2.75) is 69.6 Å². The van der Waals surface area contributed by atoms with Gasteiger partial charge in [-0.1, -0.05) is 30.3 Å². The van der Waals surface area contributed by atoms with Crippen LogP contribution in [0.15, 0.2) is 53.3 Å². The van der Waals surface area contributed by atoms with Gasteiger partial charge in [-0.25, -0.2) is 9.18 Å². The molecule has 0 radical (unpaired) electrons. The first kappa shape index (κ1) is 30.4. The highest BCUT2D eigenvalue weighted by Crippen LogP contribution is 2.57. The lowest BCUT2D eigenvalue weighted by molar-refractivity contribution is -0.128. The second-order valence-electron chi connectivity index (χ2n) is 13.4. The maximum absolute atomic E-state index is 14.2. The van der Waals surface area contributed by atoms with Crippen LogP contribution in [0.5, 0.6) is 0 Å². The van der Waals surface area contributed by atoms with Gasteiger partial charge in [0, 0.05) is 61.5 Å². The number of likely N-dealkylation sites (tertiary alicyclic amines) is 1. The van der Waals surface area contributed by atoms with E-state index in [-0.39, 0.29) is 35.6 Å². The molecule has 1 amide bonds. The highest BCUT2D eigenvalue weighted by atomic mass is 19.1. The molecular weight excluding hydrogens is 581 g/mol. The monoisotopic (exact) mass is 623 g/mol. The van der Waals surface area contributed by atoms with E-state index in [1.54, 1.807) is 4.90 Å². The van der Waals surface area contributed by atoms with Gasteiger partial charge in [-0.2, -0.15) is 10.2 Å². The van der Waals surface area contributed by atoms with Crippen molar-refractivity contribution in [2.24, 2.45) is 0 Å². The van der Waals surface area contributed by atoms with Crippen molar-refractivity contribution in [1.29, 1.82) is 5.26 Å². The van der Waals surface area contributed by atoms with Crippen LogP contribution in [0.1, 0.15) is 48.9 Å². The summed E-state index contributed by atoms with van der Waals surface area (Å²) >= 11 is 0. The zero-order chi connectivity index (χ0) is 32.0. The number of nitrogens with zero attached hydrogens (tertiary/aromatic N) is 7. The Morgan fingerprint density at radius 2 is 1.93 bits per heavy atom. The van der Waals surface area contributed by atoms with E-state index < -0.39 is 6.67 Å². The van der Waals surface area contributed by atoms with Crippen molar-refractivity contribution in [3.63, 3.8) is 0 Å². The van der Waals surface area contributed by atoms with Gasteiger partial charge in [0.1, 0.15) is 12.5 Å². The third kappa shape index (κ3) is 5.15. The molecule has 2 atom stereocenters. The molecule has 1 saturated carbocycles. The molecule has 46 heavy (non-hydrogen) atoms. The zero-order valence-electron chi connectivity index (χ0n) is 26.8. The summed E-state index contributed by atoms with van der Waals surface area (Å²) in [4.78, 5) is 40.5. The van der Waals surface area contributed by atoms with Gasteiger partial charge in [-0.05, 0) is 75.7 Å². The van der Waals surface area contributed by atoms with Crippen molar-refractivity contribution in [3.05, 3.63) is 75.9 Å². The van der Waals surface area contributed by atoms with Crippen LogP contribution < -0.4 is 15.5 Å². The highest BCUT2D eigenvalue weighted by Gasteiger charge is 2.56. The second-order valence-corrected chi connectivity index (χ2v) is 13.4. The number of likely N-dealkylation sites (N-methyl/N-ethyl adjacent to an activating group) is 1. The minimum atomic E-state index is -0.714. The maximum atomic E-state index is 14.2. The van der Waals surface area contributed by atoms with E-state index in [9.17, 15) is 19.2 Å². The Balaban J connectivity index is 1.33. The van der Waals surface area contributed by atoms with Crippen molar-refractivity contribution in [2.75, 3.05) is 56.2 Å². The fourth-order valence-electron chi connectivity index (χ4n) is 8.33. The molecule has 9 nitrogen and oxygen atoms in total. The Bertz CT molecular complexity index is 1790. The third-order valence-electron chi connectivity index (χ3n) is 10.7. The summed E-state index contributed by atoms with van der Waals surface area (Å²) in [6, 6.07) is 15.1. The lowest BCUT2D eigenvalue weighted by Gasteiger charge is -2.45. The Morgan fingerprint density at radius 3 is 2.65 bits per heavy atom. The number of rotatable bonds is 7. The predicted molar refractivity (Wildman–Crippen MR) is 178 cm³/mol. The van der Waals surface area contributed by atoms with Gasteiger partial charge < -0.3 is 19.6 Å². The predicted octanol–water partition coefficient (Wildman–Crippen LogP) is 4.31. The number of carbonyl (C=O) groups excluding carboxylic acids is 1.